The molecule has 1 aliphatic heterocycles. The van der Waals surface area contributed by atoms with Gasteiger partial charge in [-0.3, -0.25) is 14.9 Å². The van der Waals surface area contributed by atoms with E-state index >= 15 is 0 Å². The Bertz CT molecular complexity index is 521. The van der Waals surface area contributed by atoms with Crippen molar-refractivity contribution in [3.05, 3.63) is 33.3 Å². The maximum absolute atomic E-state index is 11.2. The zero-order chi connectivity index (χ0) is 14.0. The molecule has 1 atom stereocenters. The molecule has 0 unspecified atom stereocenters. The quantitative estimate of drug-likeness (QED) is 0.678. The van der Waals surface area contributed by atoms with Crippen molar-refractivity contribution in [2.75, 3.05) is 18.0 Å². The van der Waals surface area contributed by atoms with E-state index in [0.717, 1.165) is 12.8 Å². The highest BCUT2D eigenvalue weighted by molar-refractivity contribution is 6.30. The van der Waals surface area contributed by atoms with Gasteiger partial charge in [-0.05, 0) is 25.0 Å². The Kier molecular flexibility index (Phi) is 3.90. The summed E-state index contributed by atoms with van der Waals surface area (Å²) < 4.78 is 0. The van der Waals surface area contributed by atoms with Crippen LogP contribution in [-0.4, -0.2) is 23.9 Å². The van der Waals surface area contributed by atoms with Crippen molar-refractivity contribution in [2.45, 2.75) is 12.8 Å². The standard InChI is InChI=1S/C12H14ClN3O3/c13-9-3-4-10(11(6-9)16(18)19)15-5-1-2-8(7-15)12(14)17/h3-4,6,8H,1-2,5,7H2,(H2,14,17)/t8-/m1/s1. The summed E-state index contributed by atoms with van der Waals surface area (Å²) in [6.45, 7) is 1.09. The molecule has 1 amide bonds. The number of nitro groups is 1. The molecule has 1 aromatic rings. The molecule has 0 aliphatic carbocycles. The number of rotatable bonds is 3. The Morgan fingerprint density at radius 2 is 2.26 bits per heavy atom. The van der Waals surface area contributed by atoms with Crippen LogP contribution in [-0.2, 0) is 4.79 Å². The molecule has 2 N–H and O–H groups in total. The topological polar surface area (TPSA) is 89.5 Å². The number of amides is 1. The molecule has 6 nitrogen and oxygen atoms in total. The Hall–Kier alpha value is -1.82. The number of primary amides is 1. The van der Waals surface area contributed by atoms with Gasteiger partial charge in [0, 0.05) is 24.2 Å². The Morgan fingerprint density at radius 3 is 2.89 bits per heavy atom. The summed E-state index contributed by atoms with van der Waals surface area (Å²) in [5, 5.41) is 11.4. The van der Waals surface area contributed by atoms with Gasteiger partial charge < -0.3 is 10.6 Å². The number of hydrogen-bond donors (Lipinski definition) is 1. The van der Waals surface area contributed by atoms with E-state index in [1.807, 2.05) is 4.90 Å². The fourth-order valence-corrected chi connectivity index (χ4v) is 2.50. The molecule has 0 saturated carbocycles. The fraction of sp³-hybridized carbons (Fsp3) is 0.417. The second kappa shape index (κ2) is 5.44. The van der Waals surface area contributed by atoms with E-state index in [1.165, 1.54) is 6.07 Å². The van der Waals surface area contributed by atoms with Crippen molar-refractivity contribution in [3.8, 4) is 0 Å². The SMILES string of the molecule is NC(=O)[C@@H]1CCCN(c2ccc(Cl)cc2[N+](=O)[O-])C1. The average Bonchev–Trinajstić information content (AvgIpc) is 2.38. The third-order valence-electron chi connectivity index (χ3n) is 3.30. The van der Waals surface area contributed by atoms with E-state index in [4.69, 9.17) is 17.3 Å². The first-order valence-corrected chi connectivity index (χ1v) is 6.35. The van der Waals surface area contributed by atoms with Crippen LogP contribution in [0.15, 0.2) is 18.2 Å². The highest BCUT2D eigenvalue weighted by Crippen LogP contribution is 2.33. The van der Waals surface area contributed by atoms with Crippen LogP contribution < -0.4 is 10.6 Å². The second-order valence-corrected chi connectivity index (χ2v) is 5.01. The lowest BCUT2D eigenvalue weighted by molar-refractivity contribution is -0.384. The summed E-state index contributed by atoms with van der Waals surface area (Å²) in [7, 11) is 0. The van der Waals surface area contributed by atoms with Crippen LogP contribution in [0.5, 0.6) is 0 Å². The summed E-state index contributed by atoms with van der Waals surface area (Å²) in [6, 6.07) is 4.55. The van der Waals surface area contributed by atoms with E-state index < -0.39 is 4.92 Å². The zero-order valence-corrected chi connectivity index (χ0v) is 11.0. The van der Waals surface area contributed by atoms with Crippen molar-refractivity contribution in [1.29, 1.82) is 0 Å². The Morgan fingerprint density at radius 1 is 1.53 bits per heavy atom. The maximum Gasteiger partial charge on any atom is 0.294 e. The minimum Gasteiger partial charge on any atom is -0.369 e. The molecule has 1 aromatic carbocycles. The smallest absolute Gasteiger partial charge is 0.294 e. The van der Waals surface area contributed by atoms with Gasteiger partial charge >= 0.3 is 0 Å². The van der Waals surface area contributed by atoms with Crippen molar-refractivity contribution in [2.24, 2.45) is 11.7 Å². The minimum atomic E-state index is -0.463. The van der Waals surface area contributed by atoms with E-state index in [2.05, 4.69) is 0 Å². The van der Waals surface area contributed by atoms with Crippen molar-refractivity contribution >= 4 is 28.9 Å². The van der Waals surface area contributed by atoms with Crippen molar-refractivity contribution in [1.82, 2.24) is 0 Å². The molecule has 0 radical (unpaired) electrons. The number of halogens is 1. The van der Waals surface area contributed by atoms with Gasteiger partial charge in [0.25, 0.3) is 5.69 Å². The fourth-order valence-electron chi connectivity index (χ4n) is 2.34. The number of anilines is 1. The third kappa shape index (κ3) is 2.96. The van der Waals surface area contributed by atoms with Crippen LogP contribution in [0.2, 0.25) is 5.02 Å². The molecule has 1 saturated heterocycles. The zero-order valence-electron chi connectivity index (χ0n) is 10.2. The highest BCUT2D eigenvalue weighted by Gasteiger charge is 2.28. The predicted molar refractivity (Wildman–Crippen MR) is 72.2 cm³/mol. The van der Waals surface area contributed by atoms with Crippen LogP contribution in [0.1, 0.15) is 12.8 Å². The molecule has 0 aromatic heterocycles. The molecular formula is C12H14ClN3O3. The van der Waals surface area contributed by atoms with Crippen molar-refractivity contribution in [3.63, 3.8) is 0 Å². The molecular weight excluding hydrogens is 270 g/mol. The first kappa shape index (κ1) is 13.6. The molecule has 7 heteroatoms. The van der Waals surface area contributed by atoms with Gasteiger partial charge in [0.05, 0.1) is 10.8 Å². The van der Waals surface area contributed by atoms with Gasteiger partial charge in [-0.2, -0.15) is 0 Å². The minimum absolute atomic E-state index is 0.0439. The molecule has 1 heterocycles. The van der Waals surface area contributed by atoms with Gasteiger partial charge in [-0.15, -0.1) is 0 Å². The Labute approximate surface area is 115 Å². The summed E-state index contributed by atoms with van der Waals surface area (Å²) in [5.74, 6) is -0.620. The molecule has 2 rings (SSSR count). The lowest BCUT2D eigenvalue weighted by Gasteiger charge is -2.32. The molecule has 0 spiro atoms. The molecule has 0 bridgehead atoms. The van der Waals surface area contributed by atoms with E-state index in [0.29, 0.717) is 23.8 Å². The van der Waals surface area contributed by atoms with Crippen LogP contribution in [0, 0.1) is 16.0 Å². The number of nitrogens with two attached hydrogens (primary N) is 1. The third-order valence-corrected chi connectivity index (χ3v) is 3.53. The van der Waals surface area contributed by atoms with Gasteiger partial charge in [0.1, 0.15) is 5.69 Å². The van der Waals surface area contributed by atoms with Crippen LogP contribution >= 0.6 is 11.6 Å². The normalized spacial score (nSPS) is 19.2. The monoisotopic (exact) mass is 283 g/mol. The molecule has 19 heavy (non-hydrogen) atoms. The number of piperidine rings is 1. The number of carbonyl (C=O) groups is 1. The number of hydrogen-bond acceptors (Lipinski definition) is 4. The van der Waals surface area contributed by atoms with Crippen LogP contribution in [0.4, 0.5) is 11.4 Å². The van der Waals surface area contributed by atoms with Gasteiger partial charge in [-0.1, -0.05) is 11.6 Å². The first-order chi connectivity index (χ1) is 8.99. The summed E-state index contributed by atoms with van der Waals surface area (Å²) in [4.78, 5) is 23.7. The highest BCUT2D eigenvalue weighted by atomic mass is 35.5. The van der Waals surface area contributed by atoms with Gasteiger partial charge in [-0.25, -0.2) is 0 Å². The number of carbonyl (C=O) groups excluding carboxylic acids is 1. The van der Waals surface area contributed by atoms with Crippen LogP contribution in [0.25, 0.3) is 0 Å². The predicted octanol–water partition coefficient (Wildman–Crippen LogP) is 1.95. The van der Waals surface area contributed by atoms with Crippen LogP contribution in [0.3, 0.4) is 0 Å². The first-order valence-electron chi connectivity index (χ1n) is 5.97. The molecule has 1 aliphatic rings. The second-order valence-electron chi connectivity index (χ2n) is 4.58. The van der Waals surface area contributed by atoms with E-state index in [9.17, 15) is 14.9 Å². The average molecular weight is 284 g/mol. The summed E-state index contributed by atoms with van der Waals surface area (Å²) in [5.41, 5.74) is 5.75. The summed E-state index contributed by atoms with van der Waals surface area (Å²) in [6.07, 6.45) is 1.51. The van der Waals surface area contributed by atoms with E-state index in [-0.39, 0.29) is 17.5 Å². The van der Waals surface area contributed by atoms with E-state index in [1.54, 1.807) is 12.1 Å². The number of nitrogens with zero attached hydrogens (tertiary/aromatic N) is 2. The number of nitro benzene ring substituents is 1. The largest absolute Gasteiger partial charge is 0.369 e. The van der Waals surface area contributed by atoms with Gasteiger partial charge in [0.15, 0.2) is 0 Å². The van der Waals surface area contributed by atoms with Gasteiger partial charge in [0.2, 0.25) is 5.91 Å². The number of benzene rings is 1. The summed E-state index contributed by atoms with van der Waals surface area (Å²) >= 11 is 5.78. The van der Waals surface area contributed by atoms with Crippen molar-refractivity contribution < 1.29 is 9.72 Å². The lowest BCUT2D eigenvalue weighted by Crippen LogP contribution is -2.41. The maximum atomic E-state index is 11.2. The Balaban J connectivity index is 2.30. The lowest BCUT2D eigenvalue weighted by atomic mass is 9.97. The molecule has 1 fully saturated rings. The molecule has 102 valence electrons.